The summed E-state index contributed by atoms with van der Waals surface area (Å²) in [6.07, 6.45) is 1.71. The van der Waals surface area contributed by atoms with Crippen LogP contribution >= 0.6 is 24.0 Å². The molecule has 0 saturated carbocycles. The van der Waals surface area contributed by atoms with Gasteiger partial charge in [-0.05, 0) is 42.5 Å². The molecule has 2 aromatic rings. The van der Waals surface area contributed by atoms with Crippen molar-refractivity contribution in [1.82, 2.24) is 0 Å². The highest BCUT2D eigenvalue weighted by molar-refractivity contribution is 8.27. The predicted octanol–water partition coefficient (Wildman–Crippen LogP) is 3.81. The van der Waals surface area contributed by atoms with E-state index >= 15 is 0 Å². The number of ether oxygens (including phenoxy) is 2. The van der Waals surface area contributed by atoms with E-state index in [1.807, 2.05) is 0 Å². The lowest BCUT2D eigenvalue weighted by Gasteiger charge is -2.14. The summed E-state index contributed by atoms with van der Waals surface area (Å²) in [5.41, 5.74) is 1.38. The number of hydrogen-bond donors (Lipinski definition) is 1. The average Bonchev–Trinajstić information content (AvgIpc) is 2.95. The number of methoxy groups -OCH3 is 2. The van der Waals surface area contributed by atoms with Crippen LogP contribution in [0.5, 0.6) is 11.5 Å². The number of carbonyl (C=O) groups is 2. The van der Waals surface area contributed by atoms with E-state index < -0.39 is 5.97 Å². The minimum atomic E-state index is -1.03. The largest absolute Gasteiger partial charge is 0.497 e. The smallest absolute Gasteiger partial charge is 0.335 e. The van der Waals surface area contributed by atoms with Crippen LogP contribution in [0.25, 0.3) is 6.08 Å². The van der Waals surface area contributed by atoms with Gasteiger partial charge in [0.25, 0.3) is 5.91 Å². The first-order valence-electron chi connectivity index (χ1n) is 7.78. The summed E-state index contributed by atoms with van der Waals surface area (Å²) >= 11 is 6.51. The van der Waals surface area contributed by atoms with Gasteiger partial charge in [0, 0.05) is 11.6 Å². The summed E-state index contributed by atoms with van der Waals surface area (Å²) in [6, 6.07) is 11.3. The maximum atomic E-state index is 12.8. The maximum absolute atomic E-state index is 12.8. The Balaban J connectivity index is 1.92. The van der Waals surface area contributed by atoms with Gasteiger partial charge in [0.2, 0.25) is 0 Å². The molecule has 0 unspecified atom stereocenters. The summed E-state index contributed by atoms with van der Waals surface area (Å²) in [7, 11) is 3.11. The quantitative estimate of drug-likeness (QED) is 0.603. The Hall–Kier alpha value is -2.84. The van der Waals surface area contributed by atoms with Gasteiger partial charge in [-0.25, -0.2) is 4.79 Å². The van der Waals surface area contributed by atoms with Crippen molar-refractivity contribution < 1.29 is 24.2 Å². The summed E-state index contributed by atoms with van der Waals surface area (Å²) in [4.78, 5) is 25.6. The normalized spacial score (nSPS) is 15.3. The second-order valence-electron chi connectivity index (χ2n) is 5.48. The number of amides is 1. The standard InChI is InChI=1S/C19H15NO5S2/c1-24-14-8-5-12(15(10-14)25-2)9-16-17(21)20(19(26)27-16)13-6-3-11(4-7-13)18(22)23/h3-10H,1-2H3,(H,22,23)/b16-9+. The van der Waals surface area contributed by atoms with Crippen LogP contribution in [-0.4, -0.2) is 35.5 Å². The summed E-state index contributed by atoms with van der Waals surface area (Å²) in [5, 5.41) is 9.00. The van der Waals surface area contributed by atoms with E-state index in [9.17, 15) is 9.59 Å². The van der Waals surface area contributed by atoms with E-state index in [2.05, 4.69) is 0 Å². The Labute approximate surface area is 165 Å². The zero-order valence-electron chi connectivity index (χ0n) is 14.5. The summed E-state index contributed by atoms with van der Waals surface area (Å²) in [6.45, 7) is 0. The fourth-order valence-electron chi connectivity index (χ4n) is 2.52. The van der Waals surface area contributed by atoms with Crippen molar-refractivity contribution in [2.45, 2.75) is 0 Å². The number of carbonyl (C=O) groups excluding carboxylic acids is 1. The zero-order chi connectivity index (χ0) is 19.6. The number of anilines is 1. The summed E-state index contributed by atoms with van der Waals surface area (Å²) < 4.78 is 10.9. The van der Waals surface area contributed by atoms with Crippen LogP contribution in [0.4, 0.5) is 5.69 Å². The molecule has 6 nitrogen and oxygen atoms in total. The molecule has 0 atom stereocenters. The highest BCUT2D eigenvalue weighted by atomic mass is 32.2. The molecule has 1 heterocycles. The van der Waals surface area contributed by atoms with E-state index in [0.29, 0.717) is 26.4 Å². The number of thioether (sulfide) groups is 1. The third-order valence-electron chi connectivity index (χ3n) is 3.89. The fraction of sp³-hybridized carbons (Fsp3) is 0.105. The lowest BCUT2D eigenvalue weighted by atomic mass is 10.1. The molecular weight excluding hydrogens is 386 g/mol. The Morgan fingerprint density at radius 3 is 2.44 bits per heavy atom. The van der Waals surface area contributed by atoms with Gasteiger partial charge < -0.3 is 14.6 Å². The number of hydrogen-bond acceptors (Lipinski definition) is 6. The van der Waals surface area contributed by atoms with Gasteiger partial charge in [-0.1, -0.05) is 24.0 Å². The first-order valence-corrected chi connectivity index (χ1v) is 9.00. The Morgan fingerprint density at radius 2 is 1.85 bits per heavy atom. The lowest BCUT2D eigenvalue weighted by Crippen LogP contribution is -2.27. The molecule has 1 aliphatic rings. The molecule has 1 amide bonds. The molecule has 0 bridgehead atoms. The topological polar surface area (TPSA) is 76.1 Å². The van der Waals surface area contributed by atoms with Gasteiger partial charge in [-0.15, -0.1) is 0 Å². The Kier molecular flexibility index (Phi) is 5.48. The minimum Gasteiger partial charge on any atom is -0.497 e. The van der Waals surface area contributed by atoms with Crippen LogP contribution in [0.2, 0.25) is 0 Å². The van der Waals surface area contributed by atoms with Crippen molar-refractivity contribution in [3.63, 3.8) is 0 Å². The van der Waals surface area contributed by atoms with Crippen LogP contribution < -0.4 is 14.4 Å². The van der Waals surface area contributed by atoms with E-state index in [1.165, 1.54) is 28.8 Å². The van der Waals surface area contributed by atoms with Gasteiger partial charge in [-0.2, -0.15) is 0 Å². The van der Waals surface area contributed by atoms with Gasteiger partial charge in [-0.3, -0.25) is 9.69 Å². The van der Waals surface area contributed by atoms with Gasteiger partial charge in [0.1, 0.15) is 11.5 Å². The average molecular weight is 401 g/mol. The first-order chi connectivity index (χ1) is 12.9. The monoisotopic (exact) mass is 401 g/mol. The van der Waals surface area contributed by atoms with Crippen LogP contribution in [0, 0.1) is 0 Å². The first kappa shape index (κ1) is 18.9. The number of rotatable bonds is 5. The molecule has 0 spiro atoms. The van der Waals surface area contributed by atoms with Crippen LogP contribution in [0.15, 0.2) is 47.4 Å². The zero-order valence-corrected chi connectivity index (χ0v) is 16.1. The number of aromatic carboxylic acids is 1. The predicted molar refractivity (Wildman–Crippen MR) is 109 cm³/mol. The highest BCUT2D eigenvalue weighted by Gasteiger charge is 2.33. The minimum absolute atomic E-state index is 0.141. The van der Waals surface area contributed by atoms with Crippen LogP contribution in [-0.2, 0) is 4.79 Å². The molecule has 2 aromatic carbocycles. The molecule has 1 aliphatic heterocycles. The molecular formula is C19H15NO5S2. The van der Waals surface area contributed by atoms with Crippen molar-refractivity contribution in [3.8, 4) is 11.5 Å². The second kappa shape index (κ2) is 7.81. The lowest BCUT2D eigenvalue weighted by molar-refractivity contribution is -0.113. The maximum Gasteiger partial charge on any atom is 0.335 e. The molecule has 0 aliphatic carbocycles. The van der Waals surface area contributed by atoms with E-state index in [0.717, 1.165) is 5.56 Å². The highest BCUT2D eigenvalue weighted by Crippen LogP contribution is 2.37. The fourth-order valence-corrected chi connectivity index (χ4v) is 3.81. The van der Waals surface area contributed by atoms with E-state index in [-0.39, 0.29) is 11.5 Å². The molecule has 1 N–H and O–H groups in total. The van der Waals surface area contributed by atoms with E-state index in [4.69, 9.17) is 26.8 Å². The number of carboxylic acid groups (broad SMARTS) is 1. The molecule has 3 rings (SSSR count). The third-order valence-corrected chi connectivity index (χ3v) is 5.20. The molecule has 27 heavy (non-hydrogen) atoms. The third kappa shape index (κ3) is 3.81. The van der Waals surface area contributed by atoms with Crippen molar-refractivity contribution in [2.75, 3.05) is 19.1 Å². The Morgan fingerprint density at radius 1 is 1.15 bits per heavy atom. The second-order valence-corrected chi connectivity index (χ2v) is 7.15. The van der Waals surface area contributed by atoms with Gasteiger partial charge in [0.15, 0.2) is 4.32 Å². The molecule has 0 aromatic heterocycles. The number of nitrogens with zero attached hydrogens (tertiary/aromatic N) is 1. The SMILES string of the molecule is COc1ccc(/C=C2/SC(=S)N(c3ccc(C(=O)O)cc3)C2=O)c(OC)c1. The van der Waals surface area contributed by atoms with Crippen molar-refractivity contribution in [2.24, 2.45) is 0 Å². The molecule has 1 saturated heterocycles. The van der Waals surface area contributed by atoms with Crippen LogP contribution in [0.3, 0.4) is 0 Å². The number of benzene rings is 2. The summed E-state index contributed by atoms with van der Waals surface area (Å²) in [5.74, 6) is -0.0788. The van der Waals surface area contributed by atoms with Crippen LogP contribution in [0.1, 0.15) is 15.9 Å². The van der Waals surface area contributed by atoms with Crippen molar-refractivity contribution in [3.05, 3.63) is 58.5 Å². The Bertz CT molecular complexity index is 953. The number of thiocarbonyl (C=S) groups is 1. The molecule has 0 radical (unpaired) electrons. The molecule has 1 fully saturated rings. The van der Waals surface area contributed by atoms with Gasteiger partial charge in [0.05, 0.1) is 30.4 Å². The van der Waals surface area contributed by atoms with Crippen molar-refractivity contribution >= 4 is 51.9 Å². The molecule has 8 heteroatoms. The number of carboxylic acids is 1. The molecule has 138 valence electrons. The van der Waals surface area contributed by atoms with Crippen molar-refractivity contribution in [1.29, 1.82) is 0 Å². The van der Waals surface area contributed by atoms with E-state index in [1.54, 1.807) is 50.6 Å². The van der Waals surface area contributed by atoms with Gasteiger partial charge >= 0.3 is 5.97 Å².